The van der Waals surface area contributed by atoms with E-state index in [-0.39, 0.29) is 31.5 Å². The summed E-state index contributed by atoms with van der Waals surface area (Å²) in [6.07, 6.45) is -3.74. The molecule has 1 fully saturated rings. The summed E-state index contributed by atoms with van der Waals surface area (Å²) in [7, 11) is -1.34. The van der Waals surface area contributed by atoms with E-state index in [4.69, 9.17) is 0 Å². The standard InChI is InChI=1S/C15H19F3N2O4S.ClH/c1-19-10-5-7-20(8-6-10)25(22,23)11-3-4-12(14(21)24-2)13(9-11)15(16,17)18;/h3-4,9-10,19H,5-8H2,1-2H3;1H. The summed E-state index contributed by atoms with van der Waals surface area (Å²) in [6.45, 7) is 0.432. The highest BCUT2D eigenvalue weighted by atomic mass is 35.5. The molecule has 148 valence electrons. The van der Waals surface area contributed by atoms with Gasteiger partial charge in [-0.1, -0.05) is 0 Å². The van der Waals surface area contributed by atoms with Crippen LogP contribution in [-0.2, 0) is 20.9 Å². The number of benzene rings is 1. The maximum atomic E-state index is 13.2. The molecule has 0 bridgehead atoms. The fourth-order valence-electron chi connectivity index (χ4n) is 2.74. The van der Waals surface area contributed by atoms with Gasteiger partial charge in [-0.3, -0.25) is 0 Å². The molecule has 1 aromatic carbocycles. The minimum absolute atomic E-state index is 0. The number of ether oxygens (including phenoxy) is 1. The van der Waals surface area contributed by atoms with Crippen molar-refractivity contribution in [2.24, 2.45) is 0 Å². The summed E-state index contributed by atoms with van der Waals surface area (Å²) in [4.78, 5) is 11.0. The first-order valence-corrected chi connectivity index (χ1v) is 9.02. The number of hydrogen-bond acceptors (Lipinski definition) is 5. The van der Waals surface area contributed by atoms with Crippen molar-refractivity contribution in [2.75, 3.05) is 27.2 Å². The van der Waals surface area contributed by atoms with Crippen LogP contribution in [0.1, 0.15) is 28.8 Å². The number of halogens is 4. The van der Waals surface area contributed by atoms with E-state index in [1.54, 1.807) is 7.05 Å². The summed E-state index contributed by atoms with van der Waals surface area (Å²) in [5, 5.41) is 3.05. The molecule has 0 aromatic heterocycles. The Hall–Kier alpha value is -1.36. The van der Waals surface area contributed by atoms with E-state index < -0.39 is 38.2 Å². The Morgan fingerprint density at radius 1 is 1.27 bits per heavy atom. The van der Waals surface area contributed by atoms with Gasteiger partial charge in [-0.25, -0.2) is 13.2 Å². The molecule has 11 heteroatoms. The van der Waals surface area contributed by atoms with Gasteiger partial charge in [0.15, 0.2) is 0 Å². The van der Waals surface area contributed by atoms with Crippen molar-refractivity contribution in [3.8, 4) is 0 Å². The predicted octanol–water partition coefficient (Wildman–Crippen LogP) is 2.29. The first-order valence-electron chi connectivity index (χ1n) is 7.58. The number of esters is 1. The van der Waals surface area contributed by atoms with Gasteiger partial charge in [0.05, 0.1) is 23.1 Å². The van der Waals surface area contributed by atoms with Gasteiger partial charge in [0.2, 0.25) is 10.0 Å². The Bertz CT molecular complexity index is 748. The van der Waals surface area contributed by atoms with E-state index in [1.165, 1.54) is 0 Å². The van der Waals surface area contributed by atoms with Gasteiger partial charge in [0.25, 0.3) is 0 Å². The molecule has 2 rings (SSSR count). The largest absolute Gasteiger partial charge is 0.465 e. The van der Waals surface area contributed by atoms with Crippen molar-refractivity contribution >= 4 is 28.4 Å². The molecule has 1 N–H and O–H groups in total. The number of nitrogens with zero attached hydrogens (tertiary/aromatic N) is 1. The van der Waals surface area contributed by atoms with E-state index >= 15 is 0 Å². The first kappa shape index (κ1) is 22.7. The Labute approximate surface area is 156 Å². The second kappa shape index (κ2) is 8.55. The van der Waals surface area contributed by atoms with Gasteiger partial charge >= 0.3 is 12.1 Å². The summed E-state index contributed by atoms with van der Waals surface area (Å²) >= 11 is 0. The Balaban J connectivity index is 0.00000338. The average Bonchev–Trinajstić information content (AvgIpc) is 2.59. The van der Waals surface area contributed by atoms with Crippen LogP contribution in [0.5, 0.6) is 0 Å². The maximum Gasteiger partial charge on any atom is 0.417 e. The van der Waals surface area contributed by atoms with E-state index in [0.29, 0.717) is 18.9 Å². The molecular formula is C15H20ClF3N2O4S. The van der Waals surface area contributed by atoms with Crippen molar-refractivity contribution < 1.29 is 31.1 Å². The minimum atomic E-state index is -4.88. The van der Waals surface area contributed by atoms with Crippen LogP contribution in [0.25, 0.3) is 0 Å². The number of methoxy groups -OCH3 is 1. The van der Waals surface area contributed by atoms with Crippen molar-refractivity contribution in [1.82, 2.24) is 9.62 Å². The van der Waals surface area contributed by atoms with E-state index in [9.17, 15) is 26.4 Å². The van der Waals surface area contributed by atoms with Gasteiger partial charge < -0.3 is 10.1 Å². The summed E-state index contributed by atoms with van der Waals surface area (Å²) in [6, 6.07) is 2.51. The summed E-state index contributed by atoms with van der Waals surface area (Å²) < 4.78 is 70.4. The van der Waals surface area contributed by atoms with E-state index in [0.717, 1.165) is 23.5 Å². The molecule has 0 unspecified atom stereocenters. The monoisotopic (exact) mass is 416 g/mol. The van der Waals surface area contributed by atoms with Crippen LogP contribution in [0.15, 0.2) is 23.1 Å². The lowest BCUT2D eigenvalue weighted by atomic mass is 10.1. The van der Waals surface area contributed by atoms with Gasteiger partial charge in [-0.2, -0.15) is 17.5 Å². The highest BCUT2D eigenvalue weighted by Crippen LogP contribution is 2.34. The lowest BCUT2D eigenvalue weighted by Crippen LogP contribution is -2.43. The first-order chi connectivity index (χ1) is 11.6. The van der Waals surface area contributed by atoms with Gasteiger partial charge in [-0.05, 0) is 38.1 Å². The van der Waals surface area contributed by atoms with Crippen LogP contribution < -0.4 is 5.32 Å². The van der Waals surface area contributed by atoms with E-state index in [2.05, 4.69) is 10.1 Å². The molecule has 0 atom stereocenters. The average molecular weight is 417 g/mol. The third kappa shape index (κ3) is 4.67. The topological polar surface area (TPSA) is 75.7 Å². The zero-order valence-electron chi connectivity index (χ0n) is 14.2. The summed E-state index contributed by atoms with van der Waals surface area (Å²) in [5.74, 6) is -1.17. The SMILES string of the molecule is CNC1CCN(S(=O)(=O)c2ccc(C(=O)OC)c(C(F)(F)F)c2)CC1.Cl. The number of alkyl halides is 3. The molecule has 0 amide bonds. The van der Waals surface area contributed by atoms with Crippen LogP contribution >= 0.6 is 12.4 Å². The molecule has 6 nitrogen and oxygen atoms in total. The van der Waals surface area contributed by atoms with Crippen LogP contribution in [-0.4, -0.2) is 52.0 Å². The van der Waals surface area contributed by atoms with Crippen molar-refractivity contribution in [3.63, 3.8) is 0 Å². The Kier molecular flexibility index (Phi) is 7.46. The van der Waals surface area contributed by atoms with Crippen LogP contribution in [0.4, 0.5) is 13.2 Å². The molecule has 26 heavy (non-hydrogen) atoms. The molecule has 0 saturated carbocycles. The van der Waals surface area contributed by atoms with Gasteiger partial charge in [-0.15, -0.1) is 12.4 Å². The number of piperidine rings is 1. The predicted molar refractivity (Wildman–Crippen MR) is 90.9 cm³/mol. The lowest BCUT2D eigenvalue weighted by Gasteiger charge is -2.31. The third-order valence-electron chi connectivity index (χ3n) is 4.20. The molecular weight excluding hydrogens is 397 g/mol. The number of carbonyl (C=O) groups excluding carboxylic acids is 1. The summed E-state index contributed by atoms with van der Waals surface area (Å²) in [5.41, 5.74) is -2.05. The molecule has 1 aromatic rings. The number of hydrogen-bond donors (Lipinski definition) is 1. The highest BCUT2D eigenvalue weighted by Gasteiger charge is 2.38. The smallest absolute Gasteiger partial charge is 0.417 e. The second-order valence-corrected chi connectivity index (χ2v) is 7.60. The van der Waals surface area contributed by atoms with Crippen LogP contribution in [0.3, 0.4) is 0 Å². The zero-order valence-corrected chi connectivity index (χ0v) is 15.8. The van der Waals surface area contributed by atoms with Crippen molar-refractivity contribution in [2.45, 2.75) is 30.0 Å². The number of sulfonamides is 1. The quantitative estimate of drug-likeness (QED) is 0.762. The molecule has 1 aliphatic rings. The Morgan fingerprint density at radius 3 is 2.31 bits per heavy atom. The maximum absolute atomic E-state index is 13.2. The van der Waals surface area contributed by atoms with Gasteiger partial charge in [0, 0.05) is 19.1 Å². The highest BCUT2D eigenvalue weighted by molar-refractivity contribution is 7.89. The van der Waals surface area contributed by atoms with Crippen molar-refractivity contribution in [1.29, 1.82) is 0 Å². The minimum Gasteiger partial charge on any atom is -0.465 e. The fraction of sp³-hybridized carbons (Fsp3) is 0.533. The number of nitrogens with one attached hydrogen (secondary N) is 1. The third-order valence-corrected chi connectivity index (χ3v) is 6.10. The van der Waals surface area contributed by atoms with Crippen LogP contribution in [0.2, 0.25) is 0 Å². The number of carbonyl (C=O) groups is 1. The van der Waals surface area contributed by atoms with Crippen LogP contribution in [0, 0.1) is 0 Å². The molecule has 0 aliphatic carbocycles. The molecule has 1 aliphatic heterocycles. The molecule has 0 spiro atoms. The Morgan fingerprint density at radius 2 is 1.85 bits per heavy atom. The zero-order chi connectivity index (χ0) is 18.8. The molecule has 0 radical (unpaired) electrons. The number of rotatable bonds is 4. The van der Waals surface area contributed by atoms with E-state index in [1.807, 2.05) is 0 Å². The van der Waals surface area contributed by atoms with Gasteiger partial charge in [0.1, 0.15) is 0 Å². The fourth-order valence-corrected chi connectivity index (χ4v) is 4.24. The molecule has 1 heterocycles. The second-order valence-electron chi connectivity index (χ2n) is 5.66. The lowest BCUT2D eigenvalue weighted by molar-refractivity contribution is -0.138. The normalized spacial score (nSPS) is 16.8. The van der Waals surface area contributed by atoms with Crippen molar-refractivity contribution in [3.05, 3.63) is 29.3 Å². The molecule has 1 saturated heterocycles.